The van der Waals surface area contributed by atoms with Gasteiger partial charge in [-0.05, 0) is 29.9 Å². The average molecular weight is 220 g/mol. The first-order chi connectivity index (χ1) is 7.63. The van der Waals surface area contributed by atoms with Crippen LogP contribution < -0.4 is 0 Å². The van der Waals surface area contributed by atoms with Gasteiger partial charge in [-0.2, -0.15) is 0 Å². The molecule has 0 aliphatic carbocycles. The summed E-state index contributed by atoms with van der Waals surface area (Å²) in [6.45, 7) is 6.60. The smallest absolute Gasteiger partial charge is 0.0790 e. The van der Waals surface area contributed by atoms with E-state index >= 15 is 0 Å². The van der Waals surface area contributed by atoms with Gasteiger partial charge in [0, 0.05) is 0 Å². The van der Waals surface area contributed by atoms with Gasteiger partial charge in [-0.3, -0.25) is 0 Å². The van der Waals surface area contributed by atoms with Crippen molar-refractivity contribution >= 4 is 0 Å². The predicted octanol–water partition coefficient (Wildman–Crippen LogP) is 4.11. The Morgan fingerprint density at radius 1 is 1.12 bits per heavy atom. The van der Waals surface area contributed by atoms with E-state index in [1.807, 2.05) is 0 Å². The average Bonchev–Trinajstić information content (AvgIpc) is 2.26. The van der Waals surface area contributed by atoms with E-state index in [4.69, 9.17) is 0 Å². The van der Waals surface area contributed by atoms with Crippen molar-refractivity contribution in [2.75, 3.05) is 0 Å². The van der Waals surface area contributed by atoms with Gasteiger partial charge in [0.2, 0.25) is 0 Å². The summed E-state index contributed by atoms with van der Waals surface area (Å²) in [7, 11) is 0. The molecule has 1 heteroatoms. The molecule has 1 N–H and O–H groups in total. The van der Waals surface area contributed by atoms with E-state index in [9.17, 15) is 5.11 Å². The normalized spacial score (nSPS) is 13.1. The Morgan fingerprint density at radius 3 is 2.25 bits per heavy atom. The van der Waals surface area contributed by atoms with Crippen molar-refractivity contribution in [2.45, 2.75) is 52.6 Å². The Kier molecular flexibility index (Phi) is 5.54. The van der Waals surface area contributed by atoms with Crippen LogP contribution in [0.4, 0.5) is 0 Å². The Balaban J connectivity index is 2.56. The van der Waals surface area contributed by atoms with Gasteiger partial charge >= 0.3 is 0 Å². The minimum atomic E-state index is -0.284. The van der Waals surface area contributed by atoms with E-state index in [0.29, 0.717) is 5.92 Å². The quantitative estimate of drug-likeness (QED) is 0.765. The molecule has 1 aromatic carbocycles. The Labute approximate surface area is 99.5 Å². The summed E-state index contributed by atoms with van der Waals surface area (Å²) >= 11 is 0. The van der Waals surface area contributed by atoms with Gasteiger partial charge in [-0.1, -0.05) is 57.9 Å². The number of hydrogen-bond acceptors (Lipinski definition) is 1. The fraction of sp³-hybridized carbons (Fsp3) is 0.600. The lowest BCUT2D eigenvalue weighted by molar-refractivity contribution is 0.164. The fourth-order valence-electron chi connectivity index (χ4n) is 1.91. The topological polar surface area (TPSA) is 20.2 Å². The molecule has 0 saturated heterocycles. The van der Waals surface area contributed by atoms with E-state index in [1.54, 1.807) is 0 Å². The highest BCUT2D eigenvalue weighted by molar-refractivity contribution is 5.24. The lowest BCUT2D eigenvalue weighted by Crippen LogP contribution is -1.99. The standard InChI is InChI=1S/C15H24O/c1-4-5-6-15(16)14-9-7-13(8-10-14)11-12(2)3/h7-10,12,15-16H,4-6,11H2,1-3H3/t15-/m1/s1. The van der Waals surface area contributed by atoms with E-state index in [0.717, 1.165) is 31.2 Å². The van der Waals surface area contributed by atoms with Crippen LogP contribution in [0.15, 0.2) is 24.3 Å². The zero-order valence-electron chi connectivity index (χ0n) is 10.7. The number of benzene rings is 1. The van der Waals surface area contributed by atoms with Crippen molar-refractivity contribution in [3.63, 3.8) is 0 Å². The molecule has 0 radical (unpaired) electrons. The van der Waals surface area contributed by atoms with Crippen molar-refractivity contribution in [1.29, 1.82) is 0 Å². The Hall–Kier alpha value is -0.820. The van der Waals surface area contributed by atoms with Crippen LogP contribution in [0.25, 0.3) is 0 Å². The highest BCUT2D eigenvalue weighted by Crippen LogP contribution is 2.20. The number of aliphatic hydroxyl groups excluding tert-OH is 1. The third-order valence-corrected chi connectivity index (χ3v) is 2.84. The molecule has 16 heavy (non-hydrogen) atoms. The minimum Gasteiger partial charge on any atom is -0.388 e. The van der Waals surface area contributed by atoms with Crippen LogP contribution >= 0.6 is 0 Å². The summed E-state index contributed by atoms with van der Waals surface area (Å²) in [5.74, 6) is 0.691. The summed E-state index contributed by atoms with van der Waals surface area (Å²) in [4.78, 5) is 0. The van der Waals surface area contributed by atoms with Crippen LogP contribution in [0.3, 0.4) is 0 Å². The van der Waals surface area contributed by atoms with Gasteiger partial charge in [0.15, 0.2) is 0 Å². The second kappa shape index (κ2) is 6.70. The van der Waals surface area contributed by atoms with Gasteiger partial charge in [0.05, 0.1) is 6.10 Å². The highest BCUT2D eigenvalue weighted by atomic mass is 16.3. The maximum Gasteiger partial charge on any atom is 0.0790 e. The van der Waals surface area contributed by atoms with Crippen molar-refractivity contribution in [2.24, 2.45) is 5.92 Å². The Morgan fingerprint density at radius 2 is 1.75 bits per heavy atom. The SMILES string of the molecule is CCCC[C@@H](O)c1ccc(CC(C)C)cc1. The molecule has 0 bridgehead atoms. The molecule has 0 heterocycles. The molecule has 0 fully saturated rings. The second-order valence-electron chi connectivity index (χ2n) is 5.00. The lowest BCUT2D eigenvalue weighted by atomic mass is 9.98. The molecule has 1 atom stereocenters. The summed E-state index contributed by atoms with van der Waals surface area (Å²) in [5.41, 5.74) is 2.42. The molecule has 1 rings (SSSR count). The van der Waals surface area contributed by atoms with Gasteiger partial charge in [0.25, 0.3) is 0 Å². The maximum atomic E-state index is 9.92. The van der Waals surface area contributed by atoms with Crippen LogP contribution in [-0.2, 0) is 6.42 Å². The van der Waals surface area contributed by atoms with Gasteiger partial charge in [-0.25, -0.2) is 0 Å². The molecule has 0 unspecified atom stereocenters. The largest absolute Gasteiger partial charge is 0.388 e. The summed E-state index contributed by atoms with van der Waals surface area (Å²) < 4.78 is 0. The van der Waals surface area contributed by atoms with Crippen LogP contribution in [0.2, 0.25) is 0 Å². The highest BCUT2D eigenvalue weighted by Gasteiger charge is 2.06. The first-order valence-electron chi connectivity index (χ1n) is 6.40. The Bertz CT molecular complexity index is 287. The fourth-order valence-corrected chi connectivity index (χ4v) is 1.91. The number of hydrogen-bond donors (Lipinski definition) is 1. The predicted molar refractivity (Wildman–Crippen MR) is 69.5 cm³/mol. The molecule has 1 nitrogen and oxygen atoms in total. The molecule has 0 aliphatic heterocycles. The van der Waals surface area contributed by atoms with Crippen LogP contribution in [0.1, 0.15) is 57.3 Å². The first-order valence-corrected chi connectivity index (χ1v) is 6.40. The van der Waals surface area contributed by atoms with E-state index in [2.05, 4.69) is 45.0 Å². The monoisotopic (exact) mass is 220 g/mol. The third kappa shape index (κ3) is 4.36. The molecule has 0 aromatic heterocycles. The molecule has 0 aliphatic rings. The number of unbranched alkanes of at least 4 members (excludes halogenated alkanes) is 1. The van der Waals surface area contributed by atoms with Crippen molar-refractivity contribution in [1.82, 2.24) is 0 Å². The van der Waals surface area contributed by atoms with Gasteiger partial charge in [-0.15, -0.1) is 0 Å². The molecule has 1 aromatic rings. The van der Waals surface area contributed by atoms with E-state index in [-0.39, 0.29) is 6.10 Å². The van der Waals surface area contributed by atoms with Crippen LogP contribution in [0.5, 0.6) is 0 Å². The number of aliphatic hydroxyl groups is 1. The second-order valence-corrected chi connectivity index (χ2v) is 5.00. The zero-order chi connectivity index (χ0) is 12.0. The third-order valence-electron chi connectivity index (χ3n) is 2.84. The molecule has 0 amide bonds. The summed E-state index contributed by atoms with van der Waals surface area (Å²) in [6, 6.07) is 8.42. The lowest BCUT2D eigenvalue weighted by Gasteiger charge is -2.11. The minimum absolute atomic E-state index is 0.284. The molecule has 0 saturated carbocycles. The molecular formula is C15H24O. The van der Waals surface area contributed by atoms with Crippen molar-refractivity contribution < 1.29 is 5.11 Å². The van der Waals surface area contributed by atoms with Gasteiger partial charge in [0.1, 0.15) is 0 Å². The van der Waals surface area contributed by atoms with Gasteiger partial charge < -0.3 is 5.11 Å². The molecule has 90 valence electrons. The van der Waals surface area contributed by atoms with Crippen LogP contribution in [-0.4, -0.2) is 5.11 Å². The van der Waals surface area contributed by atoms with E-state index in [1.165, 1.54) is 5.56 Å². The molecule has 0 spiro atoms. The molecular weight excluding hydrogens is 196 g/mol. The van der Waals surface area contributed by atoms with Crippen LogP contribution in [0, 0.1) is 5.92 Å². The van der Waals surface area contributed by atoms with Crippen molar-refractivity contribution in [3.05, 3.63) is 35.4 Å². The zero-order valence-corrected chi connectivity index (χ0v) is 10.7. The number of rotatable bonds is 6. The maximum absolute atomic E-state index is 9.92. The summed E-state index contributed by atoms with van der Waals surface area (Å²) in [6.07, 6.45) is 3.94. The first kappa shape index (κ1) is 13.2. The van der Waals surface area contributed by atoms with Crippen molar-refractivity contribution in [3.8, 4) is 0 Å². The summed E-state index contributed by atoms with van der Waals surface area (Å²) in [5, 5.41) is 9.92. The van der Waals surface area contributed by atoms with E-state index < -0.39 is 0 Å².